The number of nitrogens with zero attached hydrogens (tertiary/aromatic N) is 3. The van der Waals surface area contributed by atoms with Crippen molar-refractivity contribution < 1.29 is 4.74 Å². The number of benzene rings is 2. The second-order valence-corrected chi connectivity index (χ2v) is 6.96. The van der Waals surface area contributed by atoms with Crippen molar-refractivity contribution in [1.82, 2.24) is 9.66 Å². The van der Waals surface area contributed by atoms with Gasteiger partial charge in [0.25, 0.3) is 5.56 Å². The van der Waals surface area contributed by atoms with Crippen LogP contribution in [0.1, 0.15) is 16.3 Å². The number of rotatable bonds is 5. The maximum absolute atomic E-state index is 12.9. The molecule has 0 saturated heterocycles. The summed E-state index contributed by atoms with van der Waals surface area (Å²) in [4.78, 5) is 18.5. The van der Waals surface area contributed by atoms with Crippen molar-refractivity contribution in [3.63, 3.8) is 0 Å². The highest BCUT2D eigenvalue weighted by molar-refractivity contribution is 7.11. The number of ether oxygens (including phenoxy) is 1. The summed E-state index contributed by atoms with van der Waals surface area (Å²) >= 11 is 1.55. The lowest BCUT2D eigenvalue weighted by Gasteiger charge is -2.12. The number of hydrogen-bond donors (Lipinski definition) is 0. The zero-order chi connectivity index (χ0) is 18.6. The normalized spacial score (nSPS) is 11.3. The van der Waals surface area contributed by atoms with Crippen molar-refractivity contribution in [3.8, 4) is 5.75 Å². The van der Waals surface area contributed by atoms with Crippen LogP contribution < -0.4 is 10.3 Å². The molecule has 0 unspecified atom stereocenters. The molecule has 0 aliphatic heterocycles. The third-order valence-corrected chi connectivity index (χ3v) is 4.92. The van der Waals surface area contributed by atoms with Gasteiger partial charge in [-0.25, -0.2) is 4.98 Å². The average molecular weight is 375 g/mol. The van der Waals surface area contributed by atoms with E-state index in [-0.39, 0.29) is 12.2 Å². The highest BCUT2D eigenvalue weighted by Crippen LogP contribution is 2.18. The number of fused-ring (bicyclic) bond motifs is 1. The third-order valence-electron chi connectivity index (χ3n) is 4.11. The smallest absolute Gasteiger partial charge is 0.282 e. The van der Waals surface area contributed by atoms with Gasteiger partial charge in [0.2, 0.25) is 0 Å². The molecular weight excluding hydrogens is 358 g/mol. The molecule has 0 atom stereocenters. The van der Waals surface area contributed by atoms with Gasteiger partial charge in [-0.3, -0.25) is 4.79 Å². The summed E-state index contributed by atoms with van der Waals surface area (Å²) in [5.41, 5.74) is 1.44. The van der Waals surface area contributed by atoms with E-state index < -0.39 is 0 Å². The van der Waals surface area contributed by atoms with E-state index in [2.05, 4.69) is 10.1 Å². The molecule has 0 saturated carbocycles. The molecule has 0 bridgehead atoms. The van der Waals surface area contributed by atoms with Gasteiger partial charge in [0.05, 0.1) is 17.1 Å². The number of aryl methyl sites for hydroxylation is 1. The summed E-state index contributed by atoms with van der Waals surface area (Å²) in [5.74, 6) is 1.21. The van der Waals surface area contributed by atoms with Gasteiger partial charge < -0.3 is 4.74 Å². The first-order valence-electron chi connectivity index (χ1n) is 8.49. The van der Waals surface area contributed by atoms with Crippen molar-refractivity contribution in [3.05, 3.63) is 92.7 Å². The number of aromatic nitrogens is 2. The Morgan fingerprint density at radius 3 is 2.74 bits per heavy atom. The molecule has 0 fully saturated rings. The van der Waals surface area contributed by atoms with E-state index >= 15 is 0 Å². The number of thiophene rings is 1. The molecule has 2 aromatic carbocycles. The molecule has 0 spiro atoms. The van der Waals surface area contributed by atoms with Gasteiger partial charge in [-0.1, -0.05) is 36.4 Å². The standard InChI is InChI=1S/C21H17N3O2S/c1-15-7-2-5-11-19(15)26-14-20-23-18-10-4-3-9-17(18)21(25)24(20)22-13-16-8-6-12-27-16/h2-13H,14H2,1H3. The molecule has 4 aromatic rings. The highest BCUT2D eigenvalue weighted by atomic mass is 32.1. The lowest BCUT2D eigenvalue weighted by atomic mass is 10.2. The number of hydrogen-bond acceptors (Lipinski definition) is 5. The van der Waals surface area contributed by atoms with Crippen LogP contribution in [0.25, 0.3) is 10.9 Å². The van der Waals surface area contributed by atoms with E-state index in [0.717, 1.165) is 16.2 Å². The monoisotopic (exact) mass is 375 g/mol. The molecule has 4 rings (SSSR count). The quantitative estimate of drug-likeness (QED) is 0.491. The zero-order valence-corrected chi connectivity index (χ0v) is 15.5. The Hall–Kier alpha value is -3.25. The second kappa shape index (κ2) is 7.55. The molecule has 2 aromatic heterocycles. The summed E-state index contributed by atoms with van der Waals surface area (Å²) in [6.45, 7) is 2.12. The van der Waals surface area contributed by atoms with E-state index in [9.17, 15) is 4.79 Å². The van der Waals surface area contributed by atoms with Crippen LogP contribution in [0.15, 0.2) is 75.9 Å². The van der Waals surface area contributed by atoms with Crippen LogP contribution in [-0.2, 0) is 6.61 Å². The van der Waals surface area contributed by atoms with Crippen LogP contribution in [0.5, 0.6) is 5.75 Å². The minimum absolute atomic E-state index is 0.146. The second-order valence-electron chi connectivity index (χ2n) is 5.98. The maximum atomic E-state index is 12.9. The zero-order valence-electron chi connectivity index (χ0n) is 14.7. The van der Waals surface area contributed by atoms with Crippen LogP contribution in [0.3, 0.4) is 0 Å². The van der Waals surface area contributed by atoms with Crippen molar-refractivity contribution in [2.24, 2.45) is 5.10 Å². The van der Waals surface area contributed by atoms with Crippen LogP contribution in [0.4, 0.5) is 0 Å². The van der Waals surface area contributed by atoms with Crippen molar-refractivity contribution in [2.75, 3.05) is 0 Å². The summed E-state index contributed by atoms with van der Waals surface area (Å²) in [7, 11) is 0. The van der Waals surface area contributed by atoms with E-state index in [1.54, 1.807) is 23.6 Å². The van der Waals surface area contributed by atoms with Gasteiger partial charge in [0.15, 0.2) is 5.82 Å². The number of para-hydroxylation sites is 2. The van der Waals surface area contributed by atoms with Gasteiger partial charge >= 0.3 is 0 Å². The Balaban J connectivity index is 1.76. The molecule has 6 heteroatoms. The molecular formula is C21H17N3O2S. The Kier molecular flexibility index (Phi) is 4.80. The molecule has 5 nitrogen and oxygen atoms in total. The van der Waals surface area contributed by atoms with Crippen LogP contribution >= 0.6 is 11.3 Å². The summed E-state index contributed by atoms with van der Waals surface area (Å²) in [6, 6.07) is 18.9. The first kappa shape index (κ1) is 17.2. The Morgan fingerprint density at radius 1 is 1.11 bits per heavy atom. The van der Waals surface area contributed by atoms with Crippen molar-refractivity contribution in [2.45, 2.75) is 13.5 Å². The maximum Gasteiger partial charge on any atom is 0.282 e. The molecule has 27 heavy (non-hydrogen) atoms. The van der Waals surface area contributed by atoms with Crippen LogP contribution in [0, 0.1) is 6.92 Å². The first-order valence-corrected chi connectivity index (χ1v) is 9.37. The SMILES string of the molecule is Cc1ccccc1OCc1nc2ccccc2c(=O)n1N=Cc1cccs1. The summed E-state index contributed by atoms with van der Waals surface area (Å²) in [5, 5.41) is 6.87. The van der Waals surface area contributed by atoms with Crippen LogP contribution in [-0.4, -0.2) is 15.9 Å². The van der Waals surface area contributed by atoms with E-state index in [1.165, 1.54) is 4.68 Å². The lowest BCUT2D eigenvalue weighted by molar-refractivity contribution is 0.287. The highest BCUT2D eigenvalue weighted by Gasteiger charge is 2.11. The molecule has 0 N–H and O–H groups in total. The Labute approximate surface area is 160 Å². The molecule has 0 aliphatic carbocycles. The molecule has 134 valence electrons. The van der Waals surface area contributed by atoms with Gasteiger partial charge in [-0.2, -0.15) is 9.78 Å². The topological polar surface area (TPSA) is 56.5 Å². The van der Waals surface area contributed by atoms with Crippen molar-refractivity contribution >= 4 is 28.5 Å². The van der Waals surface area contributed by atoms with E-state index in [0.29, 0.717) is 16.7 Å². The van der Waals surface area contributed by atoms with E-state index in [1.807, 2.05) is 66.9 Å². The van der Waals surface area contributed by atoms with Gasteiger partial charge in [-0.05, 0) is 42.1 Å². The van der Waals surface area contributed by atoms with Gasteiger partial charge in [0, 0.05) is 4.88 Å². The van der Waals surface area contributed by atoms with E-state index in [4.69, 9.17) is 4.74 Å². The van der Waals surface area contributed by atoms with Gasteiger partial charge in [0.1, 0.15) is 12.4 Å². The third kappa shape index (κ3) is 3.66. The summed E-state index contributed by atoms with van der Waals surface area (Å²) < 4.78 is 7.23. The fourth-order valence-electron chi connectivity index (χ4n) is 2.72. The minimum Gasteiger partial charge on any atom is -0.485 e. The molecule has 2 heterocycles. The Morgan fingerprint density at radius 2 is 1.93 bits per heavy atom. The predicted octanol–water partition coefficient (Wildman–Crippen LogP) is 4.23. The molecule has 0 radical (unpaired) electrons. The fourth-order valence-corrected chi connectivity index (χ4v) is 3.30. The van der Waals surface area contributed by atoms with Gasteiger partial charge in [-0.15, -0.1) is 11.3 Å². The predicted molar refractivity (Wildman–Crippen MR) is 109 cm³/mol. The van der Waals surface area contributed by atoms with Crippen molar-refractivity contribution in [1.29, 1.82) is 0 Å². The summed E-state index contributed by atoms with van der Waals surface area (Å²) in [6.07, 6.45) is 1.67. The average Bonchev–Trinajstić information content (AvgIpc) is 3.20. The van der Waals surface area contributed by atoms with Crippen LogP contribution in [0.2, 0.25) is 0 Å². The lowest BCUT2D eigenvalue weighted by Crippen LogP contribution is -2.23. The molecule has 0 aliphatic rings. The molecule has 0 amide bonds. The minimum atomic E-state index is -0.211. The largest absolute Gasteiger partial charge is 0.485 e. The Bertz CT molecular complexity index is 1160. The fraction of sp³-hybridized carbons (Fsp3) is 0.0952. The first-order chi connectivity index (χ1) is 13.2.